The van der Waals surface area contributed by atoms with E-state index in [2.05, 4.69) is 20.3 Å². The van der Waals surface area contributed by atoms with Gasteiger partial charge in [0, 0.05) is 6.20 Å². The van der Waals surface area contributed by atoms with Gasteiger partial charge < -0.3 is 5.32 Å². The zero-order chi connectivity index (χ0) is 12.3. The van der Waals surface area contributed by atoms with Crippen LogP contribution in [0.25, 0.3) is 0 Å². The molecule has 1 amide bonds. The molecule has 0 saturated carbocycles. The molecule has 0 aromatic carbocycles. The zero-order valence-electron chi connectivity index (χ0n) is 9.01. The van der Waals surface area contributed by atoms with E-state index >= 15 is 0 Å². The van der Waals surface area contributed by atoms with Gasteiger partial charge in [0.25, 0.3) is 5.91 Å². The van der Waals surface area contributed by atoms with Crippen molar-refractivity contribution >= 4 is 11.6 Å². The highest BCUT2D eigenvalue weighted by Gasteiger charge is 2.07. The molecule has 0 aliphatic carbocycles. The maximum atomic E-state index is 12.5. The second kappa shape index (κ2) is 4.65. The molecule has 5 nitrogen and oxygen atoms in total. The van der Waals surface area contributed by atoms with Crippen molar-refractivity contribution in [2.45, 2.75) is 6.92 Å². The van der Waals surface area contributed by atoms with Crippen molar-refractivity contribution in [1.29, 1.82) is 0 Å². The Morgan fingerprint density at radius 1 is 1.18 bits per heavy atom. The van der Waals surface area contributed by atoms with E-state index in [0.717, 1.165) is 11.8 Å². The second-order valence-electron chi connectivity index (χ2n) is 3.37. The Morgan fingerprint density at radius 2 is 2.00 bits per heavy atom. The molecule has 0 fully saturated rings. The Kier molecular flexibility index (Phi) is 3.04. The highest BCUT2D eigenvalue weighted by atomic mass is 19.1. The first-order valence-corrected chi connectivity index (χ1v) is 4.87. The van der Waals surface area contributed by atoms with Gasteiger partial charge in [-0.2, -0.15) is 4.39 Å². The van der Waals surface area contributed by atoms with E-state index in [1.807, 2.05) is 0 Å². The number of carbonyl (C=O) groups excluding carboxylic acids is 1. The van der Waals surface area contributed by atoms with E-state index in [4.69, 9.17) is 0 Å². The van der Waals surface area contributed by atoms with E-state index in [9.17, 15) is 9.18 Å². The van der Waals surface area contributed by atoms with Crippen LogP contribution in [-0.4, -0.2) is 20.9 Å². The number of nitrogens with one attached hydrogen (secondary N) is 1. The predicted octanol–water partition coefficient (Wildman–Crippen LogP) is 1.57. The van der Waals surface area contributed by atoms with Crippen molar-refractivity contribution in [2.24, 2.45) is 0 Å². The lowest BCUT2D eigenvalue weighted by Gasteiger charge is -2.03. The van der Waals surface area contributed by atoms with Crippen molar-refractivity contribution in [2.75, 3.05) is 5.32 Å². The second-order valence-corrected chi connectivity index (χ2v) is 3.37. The van der Waals surface area contributed by atoms with E-state index in [0.29, 0.717) is 5.69 Å². The molecule has 17 heavy (non-hydrogen) atoms. The van der Waals surface area contributed by atoms with Crippen LogP contribution in [-0.2, 0) is 0 Å². The fraction of sp³-hybridized carbons (Fsp3) is 0.0909. The van der Waals surface area contributed by atoms with Gasteiger partial charge in [-0.3, -0.25) is 9.78 Å². The van der Waals surface area contributed by atoms with Crippen molar-refractivity contribution in [3.63, 3.8) is 0 Å². The number of carbonyl (C=O) groups is 1. The Bertz CT molecular complexity index is 524. The van der Waals surface area contributed by atoms with Crippen LogP contribution in [0.2, 0.25) is 0 Å². The summed E-state index contributed by atoms with van der Waals surface area (Å²) in [5.74, 6) is -1.01. The molecular weight excluding hydrogens is 223 g/mol. The summed E-state index contributed by atoms with van der Waals surface area (Å²) in [4.78, 5) is 23.0. The molecule has 0 radical (unpaired) electrons. The lowest BCUT2D eigenvalue weighted by Crippen LogP contribution is -2.14. The van der Waals surface area contributed by atoms with Crippen LogP contribution >= 0.6 is 0 Å². The number of aromatic nitrogens is 3. The molecule has 0 aliphatic rings. The van der Waals surface area contributed by atoms with Gasteiger partial charge >= 0.3 is 0 Å². The number of nitrogens with zero attached hydrogens (tertiary/aromatic N) is 3. The molecular formula is C11H9FN4O. The van der Waals surface area contributed by atoms with Crippen molar-refractivity contribution in [3.05, 3.63) is 48.1 Å². The molecule has 86 valence electrons. The minimum Gasteiger partial charge on any atom is -0.319 e. The number of amides is 1. The third-order valence-corrected chi connectivity index (χ3v) is 2.00. The lowest BCUT2D eigenvalue weighted by molar-refractivity contribution is 0.102. The Morgan fingerprint density at radius 3 is 2.59 bits per heavy atom. The molecule has 0 saturated heterocycles. The van der Waals surface area contributed by atoms with Crippen molar-refractivity contribution < 1.29 is 9.18 Å². The van der Waals surface area contributed by atoms with E-state index in [1.165, 1.54) is 24.7 Å². The van der Waals surface area contributed by atoms with Gasteiger partial charge in [-0.05, 0) is 19.1 Å². The first-order valence-electron chi connectivity index (χ1n) is 4.87. The highest BCUT2D eigenvalue weighted by molar-refractivity contribution is 6.02. The number of rotatable bonds is 2. The molecule has 0 bridgehead atoms. The predicted molar refractivity (Wildman–Crippen MR) is 58.9 cm³/mol. The minimum absolute atomic E-state index is 0.194. The van der Waals surface area contributed by atoms with E-state index in [1.54, 1.807) is 6.92 Å². The molecule has 2 rings (SSSR count). The van der Waals surface area contributed by atoms with E-state index in [-0.39, 0.29) is 5.69 Å². The number of hydrogen-bond donors (Lipinski definition) is 1. The summed E-state index contributed by atoms with van der Waals surface area (Å²) in [5.41, 5.74) is 1.32. The van der Waals surface area contributed by atoms with E-state index < -0.39 is 11.9 Å². The van der Waals surface area contributed by atoms with Crippen LogP contribution in [0.1, 0.15) is 16.2 Å². The summed E-state index contributed by atoms with van der Waals surface area (Å²) in [7, 11) is 0. The molecule has 0 unspecified atom stereocenters. The molecule has 6 heteroatoms. The normalized spacial score (nSPS) is 10.0. The average Bonchev–Trinajstić information content (AvgIpc) is 2.33. The fourth-order valence-corrected chi connectivity index (χ4v) is 1.15. The smallest absolute Gasteiger partial charge is 0.275 e. The third-order valence-electron chi connectivity index (χ3n) is 2.00. The van der Waals surface area contributed by atoms with Crippen LogP contribution in [0, 0.1) is 12.9 Å². The van der Waals surface area contributed by atoms with Gasteiger partial charge in [-0.25, -0.2) is 9.97 Å². The number of hydrogen-bond acceptors (Lipinski definition) is 4. The van der Waals surface area contributed by atoms with Gasteiger partial charge in [0.1, 0.15) is 5.69 Å². The summed E-state index contributed by atoms with van der Waals surface area (Å²) in [6.07, 6.45) is 4.11. The standard InChI is InChI=1S/C11H9FN4O/c1-7-4-14-9(6-13-7)11(17)16-8-2-3-10(12)15-5-8/h2-6H,1H3,(H,16,17). The van der Waals surface area contributed by atoms with Gasteiger partial charge in [-0.1, -0.05) is 0 Å². The van der Waals surface area contributed by atoms with Gasteiger partial charge in [0.05, 0.1) is 23.8 Å². The van der Waals surface area contributed by atoms with Crippen LogP contribution in [0.15, 0.2) is 30.7 Å². The molecule has 0 spiro atoms. The average molecular weight is 232 g/mol. The minimum atomic E-state index is -0.599. The Labute approximate surface area is 96.8 Å². The maximum Gasteiger partial charge on any atom is 0.275 e. The summed E-state index contributed by atoms with van der Waals surface area (Å²) < 4.78 is 12.5. The molecule has 2 aromatic heterocycles. The Hall–Kier alpha value is -2.37. The van der Waals surface area contributed by atoms with Crippen molar-refractivity contribution in [3.8, 4) is 0 Å². The summed E-state index contributed by atoms with van der Waals surface area (Å²) in [6.45, 7) is 1.78. The monoisotopic (exact) mass is 232 g/mol. The fourth-order valence-electron chi connectivity index (χ4n) is 1.15. The SMILES string of the molecule is Cc1cnc(C(=O)Nc2ccc(F)nc2)cn1. The van der Waals surface area contributed by atoms with Gasteiger partial charge in [-0.15, -0.1) is 0 Å². The number of halogens is 1. The molecule has 2 heterocycles. The summed E-state index contributed by atoms with van der Waals surface area (Å²) in [5, 5.41) is 2.53. The summed E-state index contributed by atoms with van der Waals surface area (Å²) >= 11 is 0. The highest BCUT2D eigenvalue weighted by Crippen LogP contribution is 2.06. The van der Waals surface area contributed by atoms with Crippen molar-refractivity contribution in [1.82, 2.24) is 15.0 Å². The first kappa shape index (κ1) is 11.1. The zero-order valence-corrected chi connectivity index (χ0v) is 9.01. The molecule has 0 aliphatic heterocycles. The molecule has 0 atom stereocenters. The first-order chi connectivity index (χ1) is 8.15. The van der Waals surface area contributed by atoms with Crippen LogP contribution < -0.4 is 5.32 Å². The van der Waals surface area contributed by atoms with Gasteiger partial charge in [0.2, 0.25) is 5.95 Å². The largest absolute Gasteiger partial charge is 0.319 e. The van der Waals surface area contributed by atoms with Crippen LogP contribution in [0.4, 0.5) is 10.1 Å². The van der Waals surface area contributed by atoms with Gasteiger partial charge in [0.15, 0.2) is 0 Å². The van der Waals surface area contributed by atoms with Crippen LogP contribution in [0.3, 0.4) is 0 Å². The number of aryl methyl sites for hydroxylation is 1. The lowest BCUT2D eigenvalue weighted by atomic mass is 10.3. The third kappa shape index (κ3) is 2.81. The number of anilines is 1. The summed E-state index contributed by atoms with van der Waals surface area (Å²) in [6, 6.07) is 2.58. The topological polar surface area (TPSA) is 67.8 Å². The maximum absolute atomic E-state index is 12.5. The van der Waals surface area contributed by atoms with Crippen LogP contribution in [0.5, 0.6) is 0 Å². The quantitative estimate of drug-likeness (QED) is 0.798. The molecule has 2 aromatic rings. The molecule has 1 N–H and O–H groups in total. The number of pyridine rings is 1. The Balaban J connectivity index is 2.11.